The second-order valence-corrected chi connectivity index (χ2v) is 8.46. The summed E-state index contributed by atoms with van der Waals surface area (Å²) in [5, 5.41) is 4.57. The topological polar surface area (TPSA) is 93.7 Å². The lowest BCUT2D eigenvalue weighted by Gasteiger charge is -2.14. The SMILES string of the molecule is CC(C)NC(=O)NC(=O)COC(=O)COc1ccccc1C1SCCS1. The number of amides is 3. The van der Waals surface area contributed by atoms with Gasteiger partial charge in [0.05, 0.1) is 4.58 Å². The number of rotatable bonds is 7. The average molecular weight is 399 g/mol. The summed E-state index contributed by atoms with van der Waals surface area (Å²) in [6.07, 6.45) is 0. The van der Waals surface area contributed by atoms with Gasteiger partial charge in [-0.3, -0.25) is 10.1 Å². The summed E-state index contributed by atoms with van der Waals surface area (Å²) in [5.74, 6) is 1.44. The Hall–Kier alpha value is -1.87. The van der Waals surface area contributed by atoms with Crippen molar-refractivity contribution in [2.45, 2.75) is 24.5 Å². The maximum Gasteiger partial charge on any atom is 0.344 e. The van der Waals surface area contributed by atoms with E-state index in [2.05, 4.69) is 10.6 Å². The predicted octanol–water partition coefficient (Wildman–Crippen LogP) is 2.32. The van der Waals surface area contributed by atoms with Crippen molar-refractivity contribution >= 4 is 41.4 Å². The highest BCUT2D eigenvalue weighted by Crippen LogP contribution is 2.48. The van der Waals surface area contributed by atoms with Gasteiger partial charge in [0.2, 0.25) is 0 Å². The average Bonchev–Trinajstić information content (AvgIpc) is 3.12. The highest BCUT2D eigenvalue weighted by Gasteiger charge is 2.22. The fourth-order valence-corrected chi connectivity index (χ4v) is 5.04. The molecule has 1 fully saturated rings. The normalized spacial score (nSPS) is 14.1. The molecule has 1 aromatic rings. The van der Waals surface area contributed by atoms with Crippen molar-refractivity contribution in [2.24, 2.45) is 0 Å². The molecule has 0 atom stereocenters. The molecule has 3 amide bonds. The second-order valence-electron chi connectivity index (χ2n) is 5.74. The molecule has 1 aromatic carbocycles. The van der Waals surface area contributed by atoms with Gasteiger partial charge in [-0.1, -0.05) is 18.2 Å². The molecule has 0 unspecified atom stereocenters. The van der Waals surface area contributed by atoms with Crippen LogP contribution < -0.4 is 15.4 Å². The minimum atomic E-state index is -0.698. The maximum absolute atomic E-state index is 11.8. The Balaban J connectivity index is 1.75. The number of para-hydroxylation sites is 1. The third-order valence-electron chi connectivity index (χ3n) is 3.18. The third-order valence-corrected chi connectivity index (χ3v) is 6.25. The molecule has 2 N–H and O–H groups in total. The van der Waals surface area contributed by atoms with Gasteiger partial charge in [-0.2, -0.15) is 0 Å². The summed E-state index contributed by atoms with van der Waals surface area (Å²) in [6, 6.07) is 6.84. The van der Waals surface area contributed by atoms with Crippen molar-refractivity contribution < 1.29 is 23.9 Å². The van der Waals surface area contributed by atoms with Crippen LogP contribution in [-0.4, -0.2) is 48.7 Å². The number of carbonyl (C=O) groups is 3. The molecular formula is C17H22N2O5S2. The minimum Gasteiger partial charge on any atom is -0.482 e. The van der Waals surface area contributed by atoms with Gasteiger partial charge in [0.25, 0.3) is 5.91 Å². The second kappa shape index (κ2) is 10.3. The fraction of sp³-hybridized carbons (Fsp3) is 0.471. The molecule has 26 heavy (non-hydrogen) atoms. The Bertz CT molecular complexity index is 648. The molecule has 2 rings (SSSR count). The van der Waals surface area contributed by atoms with E-state index < -0.39 is 24.5 Å². The molecule has 0 aliphatic carbocycles. The van der Waals surface area contributed by atoms with Gasteiger partial charge in [-0.15, -0.1) is 23.5 Å². The van der Waals surface area contributed by atoms with Crippen molar-refractivity contribution in [3.63, 3.8) is 0 Å². The third kappa shape index (κ3) is 6.80. The Labute approximate surface area is 160 Å². The van der Waals surface area contributed by atoms with Gasteiger partial charge in [-0.05, 0) is 19.9 Å². The lowest BCUT2D eigenvalue weighted by Crippen LogP contribution is -2.44. The number of thioether (sulfide) groups is 2. The van der Waals surface area contributed by atoms with Gasteiger partial charge < -0.3 is 14.8 Å². The number of hydrogen-bond acceptors (Lipinski definition) is 7. The van der Waals surface area contributed by atoms with E-state index in [1.807, 2.05) is 47.8 Å². The van der Waals surface area contributed by atoms with Gasteiger partial charge in [-0.25, -0.2) is 9.59 Å². The van der Waals surface area contributed by atoms with Gasteiger partial charge >= 0.3 is 12.0 Å². The van der Waals surface area contributed by atoms with Crippen molar-refractivity contribution in [1.82, 2.24) is 10.6 Å². The summed E-state index contributed by atoms with van der Waals surface area (Å²) in [4.78, 5) is 34.7. The number of esters is 1. The fourth-order valence-electron chi connectivity index (χ4n) is 2.13. The van der Waals surface area contributed by atoms with Crippen LogP contribution in [0.25, 0.3) is 0 Å². The number of nitrogens with one attached hydrogen (secondary N) is 2. The molecule has 0 spiro atoms. The lowest BCUT2D eigenvalue weighted by molar-refractivity contribution is -0.150. The molecule has 0 saturated carbocycles. The standard InChI is InChI=1S/C17H22N2O5S2/c1-11(2)18-17(22)19-14(20)9-24-15(21)10-23-13-6-4-3-5-12(13)16-25-7-8-26-16/h3-6,11,16H,7-10H2,1-2H3,(H2,18,19,20,22). The zero-order valence-corrected chi connectivity index (χ0v) is 16.3. The van der Waals surface area contributed by atoms with Gasteiger partial charge in [0.1, 0.15) is 5.75 Å². The number of imide groups is 1. The monoisotopic (exact) mass is 398 g/mol. The van der Waals surface area contributed by atoms with Crippen molar-refractivity contribution in [3.05, 3.63) is 29.8 Å². The van der Waals surface area contributed by atoms with Gasteiger partial charge in [0, 0.05) is 23.1 Å². The highest BCUT2D eigenvalue weighted by atomic mass is 32.2. The molecule has 0 bridgehead atoms. The Morgan fingerprint density at radius 3 is 2.54 bits per heavy atom. The smallest absolute Gasteiger partial charge is 0.344 e. The summed E-state index contributed by atoms with van der Waals surface area (Å²) in [7, 11) is 0. The first-order valence-electron chi connectivity index (χ1n) is 8.16. The Morgan fingerprint density at radius 1 is 1.15 bits per heavy atom. The zero-order chi connectivity index (χ0) is 18.9. The number of carbonyl (C=O) groups excluding carboxylic acids is 3. The van der Waals surface area contributed by atoms with Crippen LogP contribution in [-0.2, 0) is 14.3 Å². The van der Waals surface area contributed by atoms with E-state index in [1.165, 1.54) is 0 Å². The predicted molar refractivity (Wildman–Crippen MR) is 102 cm³/mol. The van der Waals surface area contributed by atoms with Crippen LogP contribution in [0.15, 0.2) is 24.3 Å². The van der Waals surface area contributed by atoms with Crippen LogP contribution >= 0.6 is 23.5 Å². The largest absolute Gasteiger partial charge is 0.482 e. The minimum absolute atomic E-state index is 0.102. The molecule has 1 aliphatic heterocycles. The van der Waals surface area contributed by atoms with Crippen LogP contribution in [0.3, 0.4) is 0 Å². The molecule has 0 aromatic heterocycles. The van der Waals surface area contributed by atoms with Crippen molar-refractivity contribution in [2.75, 3.05) is 24.7 Å². The van der Waals surface area contributed by atoms with Crippen LogP contribution in [0, 0.1) is 0 Å². The van der Waals surface area contributed by atoms with Crippen LogP contribution in [0.4, 0.5) is 4.79 Å². The molecule has 1 aliphatic rings. The van der Waals surface area contributed by atoms with Crippen LogP contribution in [0.5, 0.6) is 5.75 Å². The van der Waals surface area contributed by atoms with Crippen molar-refractivity contribution in [3.8, 4) is 5.75 Å². The molecule has 1 heterocycles. The molecular weight excluding hydrogens is 376 g/mol. The zero-order valence-electron chi connectivity index (χ0n) is 14.7. The van der Waals surface area contributed by atoms with E-state index in [9.17, 15) is 14.4 Å². The van der Waals surface area contributed by atoms with E-state index in [-0.39, 0.29) is 12.6 Å². The first-order valence-corrected chi connectivity index (χ1v) is 10.3. The summed E-state index contributed by atoms with van der Waals surface area (Å²) >= 11 is 3.69. The number of hydrogen-bond donors (Lipinski definition) is 2. The molecule has 7 nitrogen and oxygen atoms in total. The van der Waals surface area contributed by atoms with E-state index in [0.29, 0.717) is 10.3 Å². The van der Waals surface area contributed by atoms with E-state index in [1.54, 1.807) is 13.8 Å². The number of ether oxygens (including phenoxy) is 2. The van der Waals surface area contributed by atoms with Gasteiger partial charge in [0.15, 0.2) is 13.2 Å². The highest BCUT2D eigenvalue weighted by molar-refractivity contribution is 8.19. The molecule has 1 saturated heterocycles. The summed E-state index contributed by atoms with van der Waals surface area (Å²) < 4.78 is 10.7. The molecule has 9 heteroatoms. The van der Waals surface area contributed by atoms with E-state index >= 15 is 0 Å². The number of benzene rings is 1. The summed E-state index contributed by atoms with van der Waals surface area (Å²) in [6.45, 7) is 2.69. The first-order chi connectivity index (χ1) is 12.5. The molecule has 142 valence electrons. The first kappa shape index (κ1) is 20.4. The Kier molecular flexibility index (Phi) is 8.11. The van der Waals surface area contributed by atoms with E-state index in [0.717, 1.165) is 17.1 Å². The Morgan fingerprint density at radius 2 is 1.85 bits per heavy atom. The van der Waals surface area contributed by atoms with E-state index in [4.69, 9.17) is 9.47 Å². The molecule has 0 radical (unpaired) electrons. The van der Waals surface area contributed by atoms with Crippen LogP contribution in [0.1, 0.15) is 24.0 Å². The van der Waals surface area contributed by atoms with Crippen LogP contribution in [0.2, 0.25) is 0 Å². The summed E-state index contributed by atoms with van der Waals surface area (Å²) in [5.41, 5.74) is 1.04. The quantitative estimate of drug-likeness (QED) is 0.681. The maximum atomic E-state index is 11.8. The lowest BCUT2D eigenvalue weighted by atomic mass is 10.2. The number of urea groups is 1. The van der Waals surface area contributed by atoms with Crippen molar-refractivity contribution in [1.29, 1.82) is 0 Å².